The van der Waals surface area contributed by atoms with Crippen LogP contribution in [0, 0.1) is 0 Å². The highest BCUT2D eigenvalue weighted by molar-refractivity contribution is 7.14. The lowest BCUT2D eigenvalue weighted by Gasteiger charge is -2.10. The summed E-state index contributed by atoms with van der Waals surface area (Å²) in [6.45, 7) is 2.03. The van der Waals surface area contributed by atoms with E-state index in [2.05, 4.69) is 10.6 Å². The Bertz CT molecular complexity index is 728. The topological polar surface area (TPSA) is 58.2 Å². The molecule has 0 saturated heterocycles. The minimum atomic E-state index is -0.203. The van der Waals surface area contributed by atoms with Crippen LogP contribution in [0.3, 0.4) is 0 Å². The number of hydrogen-bond acceptors (Lipinski definition) is 3. The van der Waals surface area contributed by atoms with Crippen LogP contribution in [0.1, 0.15) is 45.4 Å². The summed E-state index contributed by atoms with van der Waals surface area (Å²) in [7, 11) is 0. The molecule has 2 N–H and O–H groups in total. The smallest absolute Gasteiger partial charge is 0.261 e. The number of hydrogen-bond donors (Lipinski definition) is 2. The fourth-order valence-electron chi connectivity index (χ4n) is 3.00. The molecular weight excluding hydrogens is 320 g/mol. The molecule has 5 heteroatoms. The van der Waals surface area contributed by atoms with Crippen LogP contribution in [0.15, 0.2) is 30.3 Å². The molecule has 4 nitrogen and oxygen atoms in total. The lowest BCUT2D eigenvalue weighted by molar-refractivity contribution is -0.115. The lowest BCUT2D eigenvalue weighted by atomic mass is 9.99. The summed E-state index contributed by atoms with van der Waals surface area (Å²) in [4.78, 5) is 26.4. The van der Waals surface area contributed by atoms with E-state index >= 15 is 0 Å². The summed E-state index contributed by atoms with van der Waals surface area (Å²) in [5.41, 5.74) is 3.20. The maximum absolute atomic E-state index is 12.3. The van der Waals surface area contributed by atoms with E-state index in [0.29, 0.717) is 4.88 Å². The van der Waals surface area contributed by atoms with Crippen LogP contribution < -0.4 is 10.6 Å². The summed E-state index contributed by atoms with van der Waals surface area (Å²) in [5, 5.41) is 5.59. The van der Waals surface area contributed by atoms with Gasteiger partial charge in [0.2, 0.25) is 5.91 Å². The van der Waals surface area contributed by atoms with Gasteiger partial charge in [0.25, 0.3) is 5.91 Å². The van der Waals surface area contributed by atoms with Gasteiger partial charge in [-0.15, -0.1) is 11.3 Å². The monoisotopic (exact) mass is 342 g/mol. The summed E-state index contributed by atoms with van der Waals surface area (Å²) >= 11 is 1.56. The molecule has 1 aliphatic rings. The molecule has 0 spiro atoms. The summed E-state index contributed by atoms with van der Waals surface area (Å²) in [5.74, 6) is -0.362. The number of thiophene rings is 1. The number of amides is 2. The number of carbonyl (C=O) groups excluding carboxylic acids is 2. The zero-order valence-electron chi connectivity index (χ0n) is 13.9. The number of para-hydroxylation sites is 1. The lowest BCUT2D eigenvalue weighted by Crippen LogP contribution is -2.32. The van der Waals surface area contributed by atoms with Gasteiger partial charge >= 0.3 is 0 Å². The van der Waals surface area contributed by atoms with Gasteiger partial charge in [-0.25, -0.2) is 0 Å². The number of aryl methyl sites for hydroxylation is 3. The van der Waals surface area contributed by atoms with Gasteiger partial charge in [0.15, 0.2) is 0 Å². The first-order chi connectivity index (χ1) is 11.7. The average molecular weight is 342 g/mol. The van der Waals surface area contributed by atoms with E-state index in [1.165, 1.54) is 23.3 Å². The highest BCUT2D eigenvalue weighted by Gasteiger charge is 2.17. The number of rotatable bonds is 5. The zero-order valence-corrected chi connectivity index (χ0v) is 14.7. The van der Waals surface area contributed by atoms with Gasteiger partial charge < -0.3 is 10.6 Å². The molecule has 0 radical (unpaired) electrons. The molecule has 1 aromatic heterocycles. The highest BCUT2D eigenvalue weighted by Crippen LogP contribution is 2.29. The number of fused-ring (bicyclic) bond motifs is 1. The van der Waals surface area contributed by atoms with Crippen LogP contribution in [0.4, 0.5) is 5.69 Å². The standard InChI is InChI=1S/C19H22N2O2S/c1-2-13-7-3-5-9-15(13)21-18(22)12-20-19(23)17-11-14-8-4-6-10-16(14)24-17/h3,5,7,9,11H,2,4,6,8,10,12H2,1H3,(H,20,23)(H,21,22). The number of anilines is 1. The van der Waals surface area contributed by atoms with Crippen molar-refractivity contribution in [2.75, 3.05) is 11.9 Å². The van der Waals surface area contributed by atoms with Gasteiger partial charge in [-0.3, -0.25) is 9.59 Å². The molecule has 2 amide bonds. The second-order valence-corrected chi connectivity index (χ2v) is 7.14. The van der Waals surface area contributed by atoms with E-state index in [-0.39, 0.29) is 18.4 Å². The zero-order chi connectivity index (χ0) is 16.9. The molecule has 0 saturated carbocycles. The van der Waals surface area contributed by atoms with Crippen molar-refractivity contribution >= 4 is 28.8 Å². The van der Waals surface area contributed by atoms with Crippen LogP contribution in [0.5, 0.6) is 0 Å². The van der Waals surface area contributed by atoms with Crippen molar-refractivity contribution < 1.29 is 9.59 Å². The number of benzene rings is 1. The van der Waals surface area contributed by atoms with E-state index in [4.69, 9.17) is 0 Å². The first-order valence-corrected chi connectivity index (χ1v) is 9.26. The molecule has 3 rings (SSSR count). The van der Waals surface area contributed by atoms with Crippen LogP contribution in [0.25, 0.3) is 0 Å². The second kappa shape index (κ2) is 7.62. The molecule has 1 aliphatic carbocycles. The van der Waals surface area contributed by atoms with Crippen molar-refractivity contribution in [2.24, 2.45) is 0 Å². The van der Waals surface area contributed by atoms with Crippen molar-refractivity contribution in [3.8, 4) is 0 Å². The normalized spacial score (nSPS) is 13.2. The third-order valence-corrected chi connectivity index (χ3v) is 5.54. The van der Waals surface area contributed by atoms with E-state index in [1.807, 2.05) is 37.3 Å². The minimum Gasteiger partial charge on any atom is -0.342 e. The van der Waals surface area contributed by atoms with Crippen molar-refractivity contribution in [3.05, 3.63) is 51.2 Å². The Morgan fingerprint density at radius 3 is 2.75 bits per heavy atom. The van der Waals surface area contributed by atoms with E-state index < -0.39 is 0 Å². The van der Waals surface area contributed by atoms with Crippen molar-refractivity contribution in [1.82, 2.24) is 5.32 Å². The molecule has 2 aromatic rings. The third kappa shape index (κ3) is 3.85. The van der Waals surface area contributed by atoms with Gasteiger partial charge in [-0.1, -0.05) is 25.1 Å². The second-order valence-electron chi connectivity index (χ2n) is 6.01. The van der Waals surface area contributed by atoms with Gasteiger partial charge in [0.1, 0.15) is 0 Å². The number of nitrogens with one attached hydrogen (secondary N) is 2. The van der Waals surface area contributed by atoms with Crippen molar-refractivity contribution in [2.45, 2.75) is 39.0 Å². The summed E-state index contributed by atoms with van der Waals surface area (Å²) < 4.78 is 0. The Kier molecular flexibility index (Phi) is 5.30. The molecule has 24 heavy (non-hydrogen) atoms. The quantitative estimate of drug-likeness (QED) is 0.873. The van der Waals surface area contributed by atoms with Gasteiger partial charge in [-0.05, 0) is 55.4 Å². The van der Waals surface area contributed by atoms with Gasteiger partial charge in [0, 0.05) is 10.6 Å². The SMILES string of the molecule is CCc1ccccc1NC(=O)CNC(=O)c1cc2c(s1)CCCC2. The Balaban J connectivity index is 1.56. The largest absolute Gasteiger partial charge is 0.342 e. The first kappa shape index (κ1) is 16.7. The Labute approximate surface area is 146 Å². The Morgan fingerprint density at radius 2 is 1.96 bits per heavy atom. The molecule has 0 bridgehead atoms. The molecule has 1 aromatic carbocycles. The molecule has 0 unspecified atom stereocenters. The van der Waals surface area contributed by atoms with Gasteiger partial charge in [0.05, 0.1) is 11.4 Å². The van der Waals surface area contributed by atoms with Crippen LogP contribution in [-0.4, -0.2) is 18.4 Å². The predicted molar refractivity (Wildman–Crippen MR) is 97.7 cm³/mol. The van der Waals surface area contributed by atoms with Crippen LogP contribution in [0.2, 0.25) is 0 Å². The third-order valence-electron chi connectivity index (χ3n) is 4.30. The van der Waals surface area contributed by atoms with Gasteiger partial charge in [-0.2, -0.15) is 0 Å². The average Bonchev–Trinajstić information content (AvgIpc) is 3.04. The maximum atomic E-state index is 12.3. The molecule has 1 heterocycles. The van der Waals surface area contributed by atoms with Crippen LogP contribution in [-0.2, 0) is 24.1 Å². The molecular formula is C19H22N2O2S. The van der Waals surface area contributed by atoms with E-state index in [0.717, 1.165) is 30.5 Å². The molecule has 0 atom stereocenters. The minimum absolute atomic E-state index is 0.0144. The number of carbonyl (C=O) groups is 2. The Hall–Kier alpha value is -2.14. The fourth-order valence-corrected chi connectivity index (χ4v) is 4.17. The van der Waals surface area contributed by atoms with Crippen LogP contribution >= 0.6 is 11.3 Å². The molecule has 0 aliphatic heterocycles. The maximum Gasteiger partial charge on any atom is 0.261 e. The predicted octanol–water partition coefficient (Wildman–Crippen LogP) is 3.56. The highest BCUT2D eigenvalue weighted by atomic mass is 32.1. The fraction of sp³-hybridized carbons (Fsp3) is 0.368. The Morgan fingerprint density at radius 1 is 1.17 bits per heavy atom. The van der Waals surface area contributed by atoms with E-state index in [1.54, 1.807) is 11.3 Å². The van der Waals surface area contributed by atoms with E-state index in [9.17, 15) is 9.59 Å². The molecule has 0 fully saturated rings. The summed E-state index contributed by atoms with van der Waals surface area (Å²) in [6.07, 6.45) is 5.39. The first-order valence-electron chi connectivity index (χ1n) is 8.45. The molecule has 126 valence electrons. The van der Waals surface area contributed by atoms with Crippen molar-refractivity contribution in [1.29, 1.82) is 0 Å². The summed E-state index contributed by atoms with van der Waals surface area (Å²) in [6, 6.07) is 9.70. The van der Waals surface area contributed by atoms with Crippen molar-refractivity contribution in [3.63, 3.8) is 0 Å².